The topological polar surface area (TPSA) is 38.3 Å². The number of ketones is 1. The molecule has 19 heavy (non-hydrogen) atoms. The molecule has 1 heterocycles. The third-order valence-corrected chi connectivity index (χ3v) is 4.27. The summed E-state index contributed by atoms with van der Waals surface area (Å²) in [5.41, 5.74) is 0.275. The SMILES string of the molecule is CCC1(C(=O)c2cc(Cl)ccc2OC)CCCNC1. The smallest absolute Gasteiger partial charge is 0.174 e. The van der Waals surface area contributed by atoms with Crippen molar-refractivity contribution in [3.63, 3.8) is 0 Å². The van der Waals surface area contributed by atoms with Crippen molar-refractivity contribution in [1.29, 1.82) is 0 Å². The minimum Gasteiger partial charge on any atom is -0.496 e. The Labute approximate surface area is 119 Å². The highest BCUT2D eigenvalue weighted by molar-refractivity contribution is 6.31. The maximum atomic E-state index is 12.9. The Kier molecular flexibility index (Phi) is 4.48. The van der Waals surface area contributed by atoms with Gasteiger partial charge in [-0.3, -0.25) is 4.79 Å². The number of carbonyl (C=O) groups excluding carboxylic acids is 1. The molecule has 3 nitrogen and oxygen atoms in total. The Bertz CT molecular complexity index is 467. The quantitative estimate of drug-likeness (QED) is 0.861. The van der Waals surface area contributed by atoms with E-state index in [9.17, 15) is 4.79 Å². The lowest BCUT2D eigenvalue weighted by atomic mass is 9.72. The molecule has 1 unspecified atom stereocenters. The number of Topliss-reactive ketones (excluding diaryl/α,β-unsaturated/α-hetero) is 1. The maximum Gasteiger partial charge on any atom is 0.174 e. The highest BCUT2D eigenvalue weighted by atomic mass is 35.5. The van der Waals surface area contributed by atoms with Crippen molar-refractivity contribution in [2.24, 2.45) is 5.41 Å². The maximum absolute atomic E-state index is 12.9. The zero-order valence-corrected chi connectivity index (χ0v) is 12.2. The number of hydrogen-bond donors (Lipinski definition) is 1. The van der Waals surface area contributed by atoms with Crippen LogP contribution in [0.15, 0.2) is 18.2 Å². The normalized spacial score (nSPS) is 23.1. The largest absolute Gasteiger partial charge is 0.496 e. The third kappa shape index (κ3) is 2.77. The summed E-state index contributed by atoms with van der Waals surface area (Å²) < 4.78 is 5.30. The molecule has 4 heteroatoms. The first kappa shape index (κ1) is 14.4. The van der Waals surface area contributed by atoms with Crippen LogP contribution in [0.25, 0.3) is 0 Å². The number of hydrogen-bond acceptors (Lipinski definition) is 3. The van der Waals surface area contributed by atoms with Crippen LogP contribution in [-0.2, 0) is 0 Å². The molecular weight excluding hydrogens is 262 g/mol. The molecule has 0 aliphatic carbocycles. The third-order valence-electron chi connectivity index (χ3n) is 4.04. The number of rotatable bonds is 4. The summed E-state index contributed by atoms with van der Waals surface area (Å²) in [6.07, 6.45) is 2.78. The van der Waals surface area contributed by atoms with Gasteiger partial charge in [0.05, 0.1) is 12.7 Å². The van der Waals surface area contributed by atoms with Crippen LogP contribution < -0.4 is 10.1 Å². The summed E-state index contributed by atoms with van der Waals surface area (Å²) in [4.78, 5) is 12.9. The number of ether oxygens (including phenoxy) is 1. The summed E-state index contributed by atoms with van der Waals surface area (Å²) in [7, 11) is 1.58. The van der Waals surface area contributed by atoms with Gasteiger partial charge in [-0.2, -0.15) is 0 Å². The Balaban J connectivity index is 2.39. The minimum atomic E-state index is -0.323. The second-order valence-electron chi connectivity index (χ2n) is 5.09. The van der Waals surface area contributed by atoms with Crippen LogP contribution in [0.2, 0.25) is 5.02 Å². The van der Waals surface area contributed by atoms with Gasteiger partial charge in [0.1, 0.15) is 5.75 Å². The number of carbonyl (C=O) groups is 1. The fourth-order valence-electron chi connectivity index (χ4n) is 2.77. The van der Waals surface area contributed by atoms with Crippen LogP contribution in [0.3, 0.4) is 0 Å². The molecule has 2 rings (SSSR count). The molecule has 1 saturated heterocycles. The van der Waals surface area contributed by atoms with Crippen molar-refractivity contribution in [2.45, 2.75) is 26.2 Å². The number of nitrogens with one attached hydrogen (secondary N) is 1. The van der Waals surface area contributed by atoms with E-state index in [0.29, 0.717) is 16.3 Å². The molecular formula is C15H20ClNO2. The summed E-state index contributed by atoms with van der Waals surface area (Å²) >= 11 is 6.02. The van der Waals surface area contributed by atoms with Crippen LogP contribution in [0, 0.1) is 5.41 Å². The number of piperidine rings is 1. The summed E-state index contributed by atoms with van der Waals surface area (Å²) in [5, 5.41) is 3.90. The van der Waals surface area contributed by atoms with E-state index in [-0.39, 0.29) is 11.2 Å². The van der Waals surface area contributed by atoms with Gasteiger partial charge in [-0.1, -0.05) is 18.5 Å². The van der Waals surface area contributed by atoms with Gasteiger partial charge in [-0.05, 0) is 44.0 Å². The number of halogens is 1. The Hall–Kier alpha value is -1.06. The van der Waals surface area contributed by atoms with E-state index in [1.165, 1.54) is 0 Å². The lowest BCUT2D eigenvalue weighted by Gasteiger charge is -2.35. The van der Waals surface area contributed by atoms with Gasteiger partial charge in [0.25, 0.3) is 0 Å². The first-order valence-electron chi connectivity index (χ1n) is 6.72. The van der Waals surface area contributed by atoms with Crippen molar-refractivity contribution in [3.05, 3.63) is 28.8 Å². The molecule has 0 amide bonds. The molecule has 0 spiro atoms. The van der Waals surface area contributed by atoms with Crippen molar-refractivity contribution >= 4 is 17.4 Å². The van der Waals surface area contributed by atoms with Crippen molar-refractivity contribution in [2.75, 3.05) is 20.2 Å². The van der Waals surface area contributed by atoms with Crippen molar-refractivity contribution < 1.29 is 9.53 Å². The molecule has 1 aromatic carbocycles. The molecule has 0 aromatic heterocycles. The predicted octanol–water partition coefficient (Wildman–Crippen LogP) is 3.31. The monoisotopic (exact) mass is 281 g/mol. The van der Waals surface area contributed by atoms with E-state index in [1.54, 1.807) is 25.3 Å². The lowest BCUT2D eigenvalue weighted by molar-refractivity contribution is 0.0727. The van der Waals surface area contributed by atoms with Gasteiger partial charge in [-0.25, -0.2) is 0 Å². The molecule has 1 aromatic rings. The van der Waals surface area contributed by atoms with Gasteiger partial charge in [0.15, 0.2) is 5.78 Å². The average Bonchev–Trinajstić information content (AvgIpc) is 2.47. The zero-order chi connectivity index (χ0) is 13.9. The molecule has 1 atom stereocenters. The van der Waals surface area contributed by atoms with Crippen molar-refractivity contribution in [1.82, 2.24) is 5.32 Å². The summed E-state index contributed by atoms with van der Waals surface area (Å²) in [6, 6.07) is 5.22. The molecule has 0 radical (unpaired) electrons. The van der Waals surface area contributed by atoms with Crippen LogP contribution >= 0.6 is 11.6 Å². The molecule has 104 valence electrons. The van der Waals surface area contributed by atoms with E-state index in [1.807, 2.05) is 0 Å². The predicted molar refractivity (Wildman–Crippen MR) is 77.2 cm³/mol. The molecule has 1 aliphatic rings. The Morgan fingerprint density at radius 3 is 2.89 bits per heavy atom. The standard InChI is InChI=1S/C15H20ClNO2/c1-3-15(7-4-8-17-10-15)14(18)12-9-11(16)5-6-13(12)19-2/h5-6,9,17H,3-4,7-8,10H2,1-2H3. The Morgan fingerprint density at radius 2 is 2.32 bits per heavy atom. The fraction of sp³-hybridized carbons (Fsp3) is 0.533. The van der Waals surface area contributed by atoms with E-state index in [2.05, 4.69) is 12.2 Å². The molecule has 1 aliphatic heterocycles. The molecule has 0 bridgehead atoms. The first-order chi connectivity index (χ1) is 9.13. The Morgan fingerprint density at radius 1 is 1.53 bits per heavy atom. The highest BCUT2D eigenvalue weighted by Crippen LogP contribution is 2.37. The van der Waals surface area contributed by atoms with Crippen LogP contribution in [-0.4, -0.2) is 26.0 Å². The van der Waals surface area contributed by atoms with Gasteiger partial charge in [0, 0.05) is 17.0 Å². The van der Waals surface area contributed by atoms with E-state index in [4.69, 9.17) is 16.3 Å². The van der Waals surface area contributed by atoms with E-state index < -0.39 is 0 Å². The lowest BCUT2D eigenvalue weighted by Crippen LogP contribution is -2.45. The summed E-state index contributed by atoms with van der Waals surface area (Å²) in [5.74, 6) is 0.745. The van der Waals surface area contributed by atoms with E-state index in [0.717, 1.165) is 32.4 Å². The van der Waals surface area contributed by atoms with Gasteiger partial charge >= 0.3 is 0 Å². The van der Waals surface area contributed by atoms with Gasteiger partial charge < -0.3 is 10.1 Å². The second-order valence-corrected chi connectivity index (χ2v) is 5.52. The van der Waals surface area contributed by atoms with E-state index >= 15 is 0 Å². The average molecular weight is 282 g/mol. The van der Waals surface area contributed by atoms with Crippen LogP contribution in [0.4, 0.5) is 0 Å². The van der Waals surface area contributed by atoms with Crippen LogP contribution in [0.5, 0.6) is 5.75 Å². The van der Waals surface area contributed by atoms with Crippen molar-refractivity contribution in [3.8, 4) is 5.75 Å². The fourth-order valence-corrected chi connectivity index (χ4v) is 2.94. The molecule has 0 saturated carbocycles. The minimum absolute atomic E-state index is 0.140. The zero-order valence-electron chi connectivity index (χ0n) is 11.5. The molecule has 1 N–H and O–H groups in total. The first-order valence-corrected chi connectivity index (χ1v) is 7.10. The van der Waals surface area contributed by atoms with Gasteiger partial charge in [0.2, 0.25) is 0 Å². The van der Waals surface area contributed by atoms with Gasteiger partial charge in [-0.15, -0.1) is 0 Å². The number of methoxy groups -OCH3 is 1. The summed E-state index contributed by atoms with van der Waals surface area (Å²) in [6.45, 7) is 3.79. The molecule has 1 fully saturated rings. The van der Waals surface area contributed by atoms with Crippen LogP contribution in [0.1, 0.15) is 36.5 Å². The second kappa shape index (κ2) is 5.93. The highest BCUT2D eigenvalue weighted by Gasteiger charge is 2.39. The number of benzene rings is 1.